The van der Waals surface area contributed by atoms with E-state index in [2.05, 4.69) is 15.8 Å². The minimum Gasteiger partial charge on any atom is -0.229 e. The van der Waals surface area contributed by atoms with Crippen molar-refractivity contribution in [3.8, 4) is 0 Å². The van der Waals surface area contributed by atoms with Gasteiger partial charge in [0.15, 0.2) is 0 Å². The third-order valence-corrected chi connectivity index (χ3v) is 2.90. The van der Waals surface area contributed by atoms with Gasteiger partial charge in [-0.25, -0.2) is 22.0 Å². The van der Waals surface area contributed by atoms with Gasteiger partial charge in [0.2, 0.25) is 19.1 Å². The second-order valence-electron chi connectivity index (χ2n) is 1.78. The molecule has 12 heavy (non-hydrogen) atoms. The fraction of sp³-hybridized carbons (Fsp3) is 1.00. The lowest BCUT2D eigenvalue weighted by atomic mass is 11.0. The van der Waals surface area contributed by atoms with Gasteiger partial charge in [0, 0.05) is 10.7 Å². The summed E-state index contributed by atoms with van der Waals surface area (Å²) in [7, 11) is -1.66. The summed E-state index contributed by atoms with van der Waals surface area (Å²) in [6.45, 7) is 2.98. The first-order valence-corrected chi connectivity index (χ1v) is 7.24. The van der Waals surface area contributed by atoms with Crippen LogP contribution < -0.4 is 5.14 Å². The molecule has 0 saturated heterocycles. The molecule has 0 amide bonds. The summed E-state index contributed by atoms with van der Waals surface area (Å²) in [5.41, 5.74) is 0. The van der Waals surface area contributed by atoms with E-state index in [4.69, 9.17) is 0 Å². The quantitative estimate of drug-likeness (QED) is 0.677. The number of primary sulfonamides is 1. The number of halogens is 1. The summed E-state index contributed by atoms with van der Waals surface area (Å²) in [4.78, 5) is 0. The second-order valence-corrected chi connectivity index (χ2v) is 6.75. The molecule has 0 saturated carbocycles. The predicted molar refractivity (Wildman–Crippen MR) is 49.0 cm³/mol. The zero-order valence-electron chi connectivity index (χ0n) is 6.82. The average Bonchev–Trinajstić information content (AvgIpc) is 1.86. The van der Waals surface area contributed by atoms with Crippen LogP contribution in [-0.4, -0.2) is 28.3 Å². The molecule has 0 atom stereocenters. The van der Waals surface area contributed by atoms with Gasteiger partial charge in [-0.15, -0.1) is 0 Å². The Morgan fingerprint density at radius 3 is 1.25 bits per heavy atom. The number of hydrogen-bond acceptors (Lipinski definition) is 4. The third-order valence-electron chi connectivity index (χ3n) is 0.747. The highest BCUT2D eigenvalue weighted by atomic mass is 35.7. The Morgan fingerprint density at radius 2 is 1.25 bits per heavy atom. The molecular weight excluding hydrogens is 226 g/mol. The average molecular weight is 238 g/mol. The van der Waals surface area contributed by atoms with Crippen molar-refractivity contribution >= 4 is 29.8 Å². The molecular formula is C4H12ClNO4S2. The van der Waals surface area contributed by atoms with E-state index >= 15 is 0 Å². The smallest absolute Gasteiger partial charge is 0.229 e. The Balaban J connectivity index is 0. The van der Waals surface area contributed by atoms with Gasteiger partial charge >= 0.3 is 0 Å². The van der Waals surface area contributed by atoms with E-state index in [1.807, 2.05) is 0 Å². The summed E-state index contributed by atoms with van der Waals surface area (Å²) in [6.07, 6.45) is 0. The molecule has 0 radical (unpaired) electrons. The third kappa shape index (κ3) is 22.5. The van der Waals surface area contributed by atoms with E-state index in [-0.39, 0.29) is 11.5 Å². The van der Waals surface area contributed by atoms with Gasteiger partial charge in [-0.3, -0.25) is 0 Å². The van der Waals surface area contributed by atoms with Gasteiger partial charge in [0.05, 0.1) is 11.5 Å². The van der Waals surface area contributed by atoms with E-state index < -0.39 is 19.1 Å². The van der Waals surface area contributed by atoms with Crippen molar-refractivity contribution in [2.45, 2.75) is 13.8 Å². The molecule has 0 aromatic heterocycles. The van der Waals surface area contributed by atoms with Gasteiger partial charge in [-0.1, -0.05) is 6.92 Å². The maximum atomic E-state index is 9.78. The SMILES string of the molecule is CCS(=O)(=O)Cl.CCS(N)(=O)=O. The largest absolute Gasteiger partial charge is 0.232 e. The van der Waals surface area contributed by atoms with Crippen molar-refractivity contribution in [3.63, 3.8) is 0 Å². The number of hydrogen-bond donors (Lipinski definition) is 1. The fourth-order valence-corrected chi connectivity index (χ4v) is 0. The Kier molecular flexibility index (Phi) is 7.01. The minimum atomic E-state index is -3.19. The van der Waals surface area contributed by atoms with E-state index in [0.29, 0.717) is 0 Å². The molecule has 0 aliphatic carbocycles. The van der Waals surface area contributed by atoms with Crippen LogP contribution in [0.3, 0.4) is 0 Å². The second kappa shape index (κ2) is 5.74. The molecule has 0 bridgehead atoms. The maximum Gasteiger partial charge on any atom is 0.232 e. The lowest BCUT2D eigenvalue weighted by Crippen LogP contribution is -2.13. The van der Waals surface area contributed by atoms with Crippen molar-refractivity contribution in [2.75, 3.05) is 11.5 Å². The molecule has 0 spiro atoms. The van der Waals surface area contributed by atoms with Gasteiger partial charge in [0.25, 0.3) is 0 Å². The molecule has 0 heterocycles. The molecule has 76 valence electrons. The highest BCUT2D eigenvalue weighted by Crippen LogP contribution is 1.91. The van der Waals surface area contributed by atoms with Crippen molar-refractivity contribution < 1.29 is 16.8 Å². The highest BCUT2D eigenvalue weighted by molar-refractivity contribution is 8.13. The summed E-state index contributed by atoms with van der Waals surface area (Å²) in [5.74, 6) is 0.0293. The van der Waals surface area contributed by atoms with Gasteiger partial charge < -0.3 is 0 Å². The lowest BCUT2D eigenvalue weighted by Gasteiger charge is -1.81. The summed E-state index contributed by atoms with van der Waals surface area (Å²) in [6, 6.07) is 0. The first kappa shape index (κ1) is 14.7. The number of sulfonamides is 1. The van der Waals surface area contributed by atoms with Crippen LogP contribution in [0.5, 0.6) is 0 Å². The number of rotatable bonds is 2. The molecule has 0 fully saturated rings. The molecule has 2 N–H and O–H groups in total. The topological polar surface area (TPSA) is 94.3 Å². The van der Waals surface area contributed by atoms with Crippen LogP contribution in [0.15, 0.2) is 0 Å². The first-order valence-electron chi connectivity index (χ1n) is 3.05. The van der Waals surface area contributed by atoms with E-state index in [1.165, 1.54) is 13.8 Å². The molecule has 8 heteroatoms. The maximum absolute atomic E-state index is 9.78. The van der Waals surface area contributed by atoms with E-state index in [1.54, 1.807) is 0 Å². The highest BCUT2D eigenvalue weighted by Gasteiger charge is 1.94. The lowest BCUT2D eigenvalue weighted by molar-refractivity contribution is 0.598. The molecule has 0 aromatic rings. The summed E-state index contributed by atoms with van der Waals surface area (Å²) >= 11 is 0. The van der Waals surface area contributed by atoms with E-state index in [0.717, 1.165) is 0 Å². The Morgan fingerprint density at radius 1 is 1.08 bits per heavy atom. The van der Waals surface area contributed by atoms with Gasteiger partial charge in [0.1, 0.15) is 0 Å². The Bertz CT molecular complexity index is 261. The summed E-state index contributed by atoms with van der Waals surface area (Å²) in [5, 5.41) is 4.51. The summed E-state index contributed by atoms with van der Waals surface area (Å²) < 4.78 is 39.1. The standard InChI is InChI=1S/C2H5ClO2S.C2H7NO2S/c2*1-2-6(3,4)5/h2H2,1H3;2H2,1H3,(H2,3,4,5). The number of nitrogens with two attached hydrogens (primary N) is 1. The van der Waals surface area contributed by atoms with Crippen LogP contribution in [-0.2, 0) is 19.1 Å². The van der Waals surface area contributed by atoms with E-state index in [9.17, 15) is 16.8 Å². The molecule has 0 aliphatic heterocycles. The zero-order chi connectivity index (χ0) is 10.4. The molecule has 0 rings (SSSR count). The molecule has 0 unspecified atom stereocenters. The van der Waals surface area contributed by atoms with Crippen LogP contribution in [0.25, 0.3) is 0 Å². The fourth-order valence-electron chi connectivity index (χ4n) is 0. The molecule has 0 aliphatic rings. The van der Waals surface area contributed by atoms with Crippen molar-refractivity contribution in [3.05, 3.63) is 0 Å². The van der Waals surface area contributed by atoms with Crippen LogP contribution in [0, 0.1) is 0 Å². The first-order chi connectivity index (χ1) is 5.12. The van der Waals surface area contributed by atoms with Crippen LogP contribution in [0.4, 0.5) is 0 Å². The predicted octanol–water partition coefficient (Wildman–Crippen LogP) is -0.130. The van der Waals surface area contributed by atoms with Crippen LogP contribution in [0.2, 0.25) is 0 Å². The van der Waals surface area contributed by atoms with Crippen molar-refractivity contribution in [1.29, 1.82) is 0 Å². The van der Waals surface area contributed by atoms with Crippen LogP contribution in [0.1, 0.15) is 13.8 Å². The normalized spacial score (nSPS) is 11.7. The van der Waals surface area contributed by atoms with Crippen molar-refractivity contribution in [2.24, 2.45) is 5.14 Å². The molecule has 0 aromatic carbocycles. The van der Waals surface area contributed by atoms with Crippen molar-refractivity contribution in [1.82, 2.24) is 0 Å². The Labute approximate surface area is 77.4 Å². The minimum absolute atomic E-state index is 0.00849. The zero-order valence-corrected chi connectivity index (χ0v) is 9.21. The van der Waals surface area contributed by atoms with Gasteiger partial charge in [-0.05, 0) is 6.92 Å². The van der Waals surface area contributed by atoms with Crippen LogP contribution >= 0.6 is 10.7 Å². The monoisotopic (exact) mass is 237 g/mol. The van der Waals surface area contributed by atoms with Gasteiger partial charge in [-0.2, -0.15) is 0 Å². The molecule has 5 nitrogen and oxygen atoms in total. The Hall–Kier alpha value is 0.150.